The van der Waals surface area contributed by atoms with Crippen LogP contribution >= 0.6 is 0 Å². The van der Waals surface area contributed by atoms with Crippen molar-refractivity contribution in [1.82, 2.24) is 40.8 Å². The summed E-state index contributed by atoms with van der Waals surface area (Å²) in [6, 6.07) is 13.7. The van der Waals surface area contributed by atoms with Gasteiger partial charge in [0.25, 0.3) is 5.91 Å². The summed E-state index contributed by atoms with van der Waals surface area (Å²) in [7, 11) is 1.57. The maximum atomic E-state index is 13.9. The van der Waals surface area contributed by atoms with Crippen LogP contribution in [0.2, 0.25) is 0 Å². The predicted molar refractivity (Wildman–Crippen MR) is 193 cm³/mol. The number of fused-ring (bicyclic) bond motifs is 19. The lowest BCUT2D eigenvalue weighted by molar-refractivity contribution is -0.132. The van der Waals surface area contributed by atoms with Gasteiger partial charge in [-0.25, -0.2) is 9.50 Å². The number of rotatable bonds is 7. The van der Waals surface area contributed by atoms with Gasteiger partial charge in [-0.05, 0) is 73.7 Å². The molecule has 4 aromatic rings. The number of amides is 4. The van der Waals surface area contributed by atoms with Crippen molar-refractivity contribution in [3.05, 3.63) is 95.4 Å². The van der Waals surface area contributed by atoms with Crippen LogP contribution in [-0.4, -0.2) is 81.5 Å². The lowest BCUT2D eigenvalue weighted by Crippen LogP contribution is -2.58. The van der Waals surface area contributed by atoms with Crippen molar-refractivity contribution in [1.29, 1.82) is 0 Å². The first-order valence-corrected chi connectivity index (χ1v) is 17.6. The van der Waals surface area contributed by atoms with Crippen LogP contribution in [0.4, 0.5) is 0 Å². The first-order chi connectivity index (χ1) is 24.6. The van der Waals surface area contributed by atoms with Crippen LogP contribution in [0.15, 0.2) is 73.2 Å². The highest BCUT2D eigenvalue weighted by atomic mass is 16.5. The third-order valence-corrected chi connectivity index (χ3v) is 9.33. The zero-order valence-electron chi connectivity index (χ0n) is 29.7. The van der Waals surface area contributed by atoms with Crippen LogP contribution in [0.25, 0.3) is 5.65 Å². The second-order valence-corrected chi connectivity index (χ2v) is 13.1. The lowest BCUT2D eigenvalue weighted by atomic mass is 9.96. The normalized spacial score (nSPS) is 20.8. The number of hydrogen-bond donors (Lipinski definition) is 4. The second-order valence-electron chi connectivity index (χ2n) is 13.1. The minimum Gasteiger partial charge on any atom is -0.497 e. The van der Waals surface area contributed by atoms with Gasteiger partial charge < -0.3 is 26.0 Å². The van der Waals surface area contributed by atoms with Gasteiger partial charge in [0.15, 0.2) is 5.65 Å². The van der Waals surface area contributed by atoms with Gasteiger partial charge in [0.2, 0.25) is 17.7 Å². The SMILES string of the molecule is CC[C@H](C)C1NC(=O)c2ccc(cc2)CN(Cc2cnn3cccnc23)CCCCNC(=O)[C@@H](C)NC(=O)[C@H](Cc2ccc(OC)cc2)NC1=O. The number of aromatic nitrogens is 3. The molecule has 0 aliphatic carbocycles. The van der Waals surface area contributed by atoms with E-state index in [2.05, 4.69) is 36.2 Å². The molecule has 270 valence electrons. The number of carbonyl (C=O) groups is 4. The first-order valence-electron chi connectivity index (χ1n) is 17.6. The number of ether oxygens (including phenoxy) is 1. The molecule has 4 atom stereocenters. The number of benzene rings is 2. The van der Waals surface area contributed by atoms with E-state index < -0.39 is 29.9 Å². The number of methoxy groups -OCH3 is 1. The van der Waals surface area contributed by atoms with Crippen molar-refractivity contribution in [2.24, 2.45) is 5.92 Å². The molecule has 2 aromatic heterocycles. The standard InChI is InChI=1S/C38H48N8O5/c1-5-25(2)33-38(50)43-32(21-27-11-15-31(51-4)16-12-27)37(49)42-26(3)35(47)40-17-6-7-19-45(23-28-9-13-29(14-10-28)36(48)44-33)24-30-22-41-46-20-8-18-39-34(30)46/h8-16,18,20,22,25-26,32-33H,5-7,17,19,21,23-24H2,1-4H3,(H,40,47)(H,42,49)(H,43,50)(H,44,48)/t25-,26+,32-,33?/m0/s1. The molecule has 4 heterocycles. The number of nitrogens with zero attached hydrogens (tertiary/aromatic N) is 4. The molecule has 2 aromatic carbocycles. The van der Waals surface area contributed by atoms with Crippen LogP contribution < -0.4 is 26.0 Å². The Morgan fingerprint density at radius 3 is 2.43 bits per heavy atom. The molecule has 51 heavy (non-hydrogen) atoms. The van der Waals surface area contributed by atoms with Crippen LogP contribution in [0.3, 0.4) is 0 Å². The first kappa shape index (κ1) is 37.0. The molecule has 2 aliphatic rings. The summed E-state index contributed by atoms with van der Waals surface area (Å²) in [5.74, 6) is -1.26. The zero-order chi connectivity index (χ0) is 36.3. The van der Waals surface area contributed by atoms with E-state index in [9.17, 15) is 19.2 Å². The minimum absolute atomic E-state index is 0.167. The molecule has 1 unspecified atom stereocenters. The van der Waals surface area contributed by atoms with Gasteiger partial charge in [-0.15, -0.1) is 0 Å². The quantitative estimate of drug-likeness (QED) is 0.215. The van der Waals surface area contributed by atoms with E-state index >= 15 is 0 Å². The summed E-state index contributed by atoms with van der Waals surface area (Å²) in [4.78, 5) is 60.9. The maximum absolute atomic E-state index is 13.9. The summed E-state index contributed by atoms with van der Waals surface area (Å²) in [6.45, 7) is 7.86. The fourth-order valence-electron chi connectivity index (χ4n) is 6.06. The molecular weight excluding hydrogens is 648 g/mol. The third kappa shape index (κ3) is 9.91. The molecule has 0 saturated heterocycles. The molecule has 2 aliphatic heterocycles. The van der Waals surface area contributed by atoms with Crippen molar-refractivity contribution in [3.8, 4) is 5.75 Å². The van der Waals surface area contributed by atoms with Crippen molar-refractivity contribution in [2.45, 2.75) is 77.7 Å². The largest absolute Gasteiger partial charge is 0.497 e. The van der Waals surface area contributed by atoms with Crippen LogP contribution in [0.5, 0.6) is 5.75 Å². The Hall–Kier alpha value is -5.30. The van der Waals surface area contributed by atoms with E-state index in [1.54, 1.807) is 49.0 Å². The fraction of sp³-hybridized carbons (Fsp3) is 0.421. The maximum Gasteiger partial charge on any atom is 0.251 e. The van der Waals surface area contributed by atoms with Crippen molar-refractivity contribution in [2.75, 3.05) is 20.2 Å². The summed E-state index contributed by atoms with van der Waals surface area (Å²) < 4.78 is 7.02. The van der Waals surface area contributed by atoms with Gasteiger partial charge in [0.1, 0.15) is 23.9 Å². The molecule has 0 saturated carbocycles. The van der Waals surface area contributed by atoms with E-state index in [-0.39, 0.29) is 24.2 Å². The Bertz CT molecular complexity index is 1790. The topological polar surface area (TPSA) is 159 Å². The molecule has 4 amide bonds. The molecular formula is C38H48N8O5. The van der Waals surface area contributed by atoms with E-state index in [1.165, 1.54) is 0 Å². The smallest absolute Gasteiger partial charge is 0.251 e. The number of nitrogens with one attached hydrogen (secondary N) is 4. The molecule has 0 spiro atoms. The zero-order valence-corrected chi connectivity index (χ0v) is 29.7. The average molecular weight is 697 g/mol. The van der Waals surface area contributed by atoms with E-state index in [4.69, 9.17) is 4.74 Å². The van der Waals surface area contributed by atoms with Gasteiger partial charge in [0.05, 0.1) is 13.3 Å². The molecule has 2 bridgehead atoms. The minimum atomic E-state index is -1.01. The van der Waals surface area contributed by atoms with Crippen molar-refractivity contribution in [3.63, 3.8) is 0 Å². The Morgan fingerprint density at radius 2 is 1.71 bits per heavy atom. The number of carbonyl (C=O) groups excluding carboxylic acids is 4. The number of hydrogen-bond acceptors (Lipinski definition) is 8. The van der Waals surface area contributed by atoms with Gasteiger partial charge in [-0.2, -0.15) is 5.10 Å². The molecule has 13 heteroatoms. The summed E-state index contributed by atoms with van der Waals surface area (Å²) in [6.07, 6.45) is 7.75. The van der Waals surface area contributed by atoms with Crippen molar-refractivity contribution >= 4 is 29.3 Å². The summed E-state index contributed by atoms with van der Waals surface area (Å²) >= 11 is 0. The van der Waals surface area contributed by atoms with Gasteiger partial charge in [0, 0.05) is 49.6 Å². The molecule has 0 radical (unpaired) electrons. The highest BCUT2D eigenvalue weighted by Gasteiger charge is 2.31. The van der Waals surface area contributed by atoms with Gasteiger partial charge >= 0.3 is 0 Å². The van der Waals surface area contributed by atoms with E-state index in [0.29, 0.717) is 37.4 Å². The fourth-order valence-corrected chi connectivity index (χ4v) is 6.06. The summed E-state index contributed by atoms with van der Waals surface area (Å²) in [5, 5.41) is 16.0. The van der Waals surface area contributed by atoms with Crippen LogP contribution in [0.1, 0.15) is 67.1 Å². The Balaban J connectivity index is 1.38. The van der Waals surface area contributed by atoms with Crippen LogP contribution in [0, 0.1) is 5.92 Å². The molecule has 4 N–H and O–H groups in total. The molecule has 0 fully saturated rings. The Kier molecular flexibility index (Phi) is 12.7. The van der Waals surface area contributed by atoms with Crippen LogP contribution in [-0.2, 0) is 33.9 Å². The lowest BCUT2D eigenvalue weighted by Gasteiger charge is -2.27. The van der Waals surface area contributed by atoms with E-state index in [0.717, 1.165) is 41.7 Å². The highest BCUT2D eigenvalue weighted by Crippen LogP contribution is 2.17. The molecule has 6 rings (SSSR count). The predicted octanol–water partition coefficient (Wildman–Crippen LogP) is 3.03. The monoisotopic (exact) mass is 696 g/mol. The third-order valence-electron chi connectivity index (χ3n) is 9.33. The van der Waals surface area contributed by atoms with E-state index in [1.807, 2.05) is 56.6 Å². The van der Waals surface area contributed by atoms with Gasteiger partial charge in [-0.3, -0.25) is 24.1 Å². The Morgan fingerprint density at radius 1 is 0.941 bits per heavy atom. The summed E-state index contributed by atoms with van der Waals surface area (Å²) in [5.41, 5.74) is 4.02. The van der Waals surface area contributed by atoms with Gasteiger partial charge in [-0.1, -0.05) is 44.5 Å². The average Bonchev–Trinajstić information content (AvgIpc) is 3.55. The highest BCUT2D eigenvalue weighted by molar-refractivity contribution is 5.99. The molecule has 13 nitrogen and oxygen atoms in total. The second kappa shape index (κ2) is 17.6. The Labute approximate surface area is 298 Å². The van der Waals surface area contributed by atoms with Crippen molar-refractivity contribution < 1.29 is 23.9 Å².